The maximum absolute atomic E-state index is 5.85. The molecule has 1 saturated heterocycles. The fourth-order valence-corrected chi connectivity index (χ4v) is 2.27. The Balaban J connectivity index is 2.49. The molecule has 3 heteroatoms. The van der Waals surface area contributed by atoms with E-state index in [1.165, 1.54) is 0 Å². The highest BCUT2D eigenvalue weighted by Gasteiger charge is 2.28. The third-order valence-corrected chi connectivity index (χ3v) is 3.45. The lowest BCUT2D eigenvalue weighted by Gasteiger charge is -2.40. The quantitative estimate of drug-likeness (QED) is 0.770. The first-order chi connectivity index (χ1) is 6.99. The van der Waals surface area contributed by atoms with Crippen LogP contribution >= 0.6 is 0 Å². The van der Waals surface area contributed by atoms with Crippen molar-refractivity contribution >= 4 is 0 Å². The largest absolute Gasteiger partial charge is 0.373 e. The van der Waals surface area contributed by atoms with Crippen LogP contribution in [0.15, 0.2) is 0 Å². The first-order valence-electron chi connectivity index (χ1n) is 6.07. The van der Waals surface area contributed by atoms with Gasteiger partial charge in [0.2, 0.25) is 0 Å². The van der Waals surface area contributed by atoms with E-state index >= 15 is 0 Å². The van der Waals surface area contributed by atoms with Gasteiger partial charge in [0.1, 0.15) is 0 Å². The Morgan fingerprint density at radius 3 is 2.27 bits per heavy atom. The van der Waals surface area contributed by atoms with Gasteiger partial charge in [-0.25, -0.2) is 0 Å². The van der Waals surface area contributed by atoms with E-state index < -0.39 is 0 Å². The van der Waals surface area contributed by atoms with Crippen molar-refractivity contribution in [3.05, 3.63) is 0 Å². The zero-order valence-corrected chi connectivity index (χ0v) is 10.6. The van der Waals surface area contributed by atoms with Crippen LogP contribution in [0.1, 0.15) is 34.1 Å². The lowest BCUT2D eigenvalue weighted by Crippen LogP contribution is -2.50. The average Bonchev–Trinajstić information content (AvgIpc) is 2.16. The third kappa shape index (κ3) is 3.74. The van der Waals surface area contributed by atoms with Gasteiger partial charge in [0.05, 0.1) is 12.2 Å². The number of hydrogen-bond acceptors (Lipinski definition) is 3. The van der Waals surface area contributed by atoms with Crippen LogP contribution in [0.2, 0.25) is 0 Å². The van der Waals surface area contributed by atoms with Crippen molar-refractivity contribution < 1.29 is 4.74 Å². The molecule has 90 valence electrons. The van der Waals surface area contributed by atoms with Crippen molar-refractivity contribution in [2.24, 2.45) is 11.1 Å². The predicted octanol–water partition coefficient (Wildman–Crippen LogP) is 1.47. The van der Waals surface area contributed by atoms with Gasteiger partial charge in [-0.2, -0.15) is 0 Å². The summed E-state index contributed by atoms with van der Waals surface area (Å²) >= 11 is 0. The summed E-state index contributed by atoms with van der Waals surface area (Å²) in [7, 11) is 0. The standard InChI is InChI=1S/C12H26N2O/c1-5-12(4,8-13)9-14-6-10(2)15-11(3)7-14/h10-11H,5-9,13H2,1-4H3/t10-,11+,12?. The second kappa shape index (κ2) is 5.28. The van der Waals surface area contributed by atoms with Crippen LogP contribution in [0.5, 0.6) is 0 Å². The number of rotatable bonds is 4. The summed E-state index contributed by atoms with van der Waals surface area (Å²) in [4.78, 5) is 2.50. The van der Waals surface area contributed by atoms with E-state index in [0.717, 1.165) is 32.6 Å². The molecular formula is C12H26N2O. The third-order valence-electron chi connectivity index (χ3n) is 3.45. The molecule has 1 aliphatic rings. The second-order valence-corrected chi connectivity index (χ2v) is 5.32. The van der Waals surface area contributed by atoms with Gasteiger partial charge in [0.25, 0.3) is 0 Å². The zero-order valence-electron chi connectivity index (χ0n) is 10.6. The Bertz CT molecular complexity index is 182. The van der Waals surface area contributed by atoms with Gasteiger partial charge in [-0.1, -0.05) is 13.8 Å². The number of hydrogen-bond donors (Lipinski definition) is 1. The summed E-state index contributed by atoms with van der Waals surface area (Å²) in [5.41, 5.74) is 6.11. The van der Waals surface area contributed by atoms with Crippen LogP contribution in [-0.4, -0.2) is 43.3 Å². The van der Waals surface area contributed by atoms with E-state index in [1.807, 2.05) is 0 Å². The molecule has 1 fully saturated rings. The summed E-state index contributed by atoms with van der Waals surface area (Å²) in [6, 6.07) is 0. The van der Waals surface area contributed by atoms with Crippen molar-refractivity contribution in [2.75, 3.05) is 26.2 Å². The average molecular weight is 214 g/mol. The molecule has 0 aliphatic carbocycles. The van der Waals surface area contributed by atoms with E-state index in [9.17, 15) is 0 Å². The van der Waals surface area contributed by atoms with Crippen LogP contribution in [0.4, 0.5) is 0 Å². The summed E-state index contributed by atoms with van der Waals surface area (Å²) in [5.74, 6) is 0. The van der Waals surface area contributed by atoms with Crippen LogP contribution < -0.4 is 5.73 Å². The molecule has 0 aromatic rings. The first-order valence-corrected chi connectivity index (χ1v) is 6.07. The van der Waals surface area contributed by atoms with Gasteiger partial charge in [0, 0.05) is 19.6 Å². The van der Waals surface area contributed by atoms with Crippen molar-refractivity contribution in [1.29, 1.82) is 0 Å². The maximum Gasteiger partial charge on any atom is 0.0678 e. The summed E-state index contributed by atoms with van der Waals surface area (Å²) in [5, 5.41) is 0. The molecule has 2 N–H and O–H groups in total. The summed E-state index contributed by atoms with van der Waals surface area (Å²) in [6.45, 7) is 12.7. The van der Waals surface area contributed by atoms with Crippen LogP contribution in [0, 0.1) is 5.41 Å². The van der Waals surface area contributed by atoms with Crippen molar-refractivity contribution in [3.8, 4) is 0 Å². The Labute approximate surface area is 94.0 Å². The molecule has 3 atom stereocenters. The molecule has 3 nitrogen and oxygen atoms in total. The lowest BCUT2D eigenvalue weighted by atomic mass is 9.87. The Morgan fingerprint density at radius 1 is 1.33 bits per heavy atom. The van der Waals surface area contributed by atoms with Crippen LogP contribution in [-0.2, 0) is 4.74 Å². The Kier molecular flexibility index (Phi) is 4.56. The molecule has 15 heavy (non-hydrogen) atoms. The highest BCUT2D eigenvalue weighted by atomic mass is 16.5. The molecule has 0 aromatic heterocycles. The molecule has 1 heterocycles. The molecule has 1 unspecified atom stereocenters. The van der Waals surface area contributed by atoms with Gasteiger partial charge in [-0.3, -0.25) is 4.90 Å². The first kappa shape index (κ1) is 12.9. The lowest BCUT2D eigenvalue weighted by molar-refractivity contribution is -0.0764. The molecule has 1 rings (SSSR count). The van der Waals surface area contributed by atoms with E-state index in [-0.39, 0.29) is 5.41 Å². The highest BCUT2D eigenvalue weighted by Crippen LogP contribution is 2.23. The molecule has 0 saturated carbocycles. The molecular weight excluding hydrogens is 188 g/mol. The van der Waals surface area contributed by atoms with E-state index in [4.69, 9.17) is 10.5 Å². The minimum absolute atomic E-state index is 0.261. The molecule has 0 amide bonds. The van der Waals surface area contributed by atoms with Crippen molar-refractivity contribution in [1.82, 2.24) is 4.90 Å². The summed E-state index contributed by atoms with van der Waals surface area (Å²) < 4.78 is 5.73. The number of nitrogens with two attached hydrogens (primary N) is 1. The van der Waals surface area contributed by atoms with Crippen molar-refractivity contribution in [2.45, 2.75) is 46.3 Å². The normalized spacial score (nSPS) is 32.6. The van der Waals surface area contributed by atoms with Crippen molar-refractivity contribution in [3.63, 3.8) is 0 Å². The molecule has 0 aromatic carbocycles. The van der Waals surface area contributed by atoms with Crippen LogP contribution in [0.25, 0.3) is 0 Å². The fraction of sp³-hybridized carbons (Fsp3) is 1.00. The van der Waals surface area contributed by atoms with E-state index in [1.54, 1.807) is 0 Å². The van der Waals surface area contributed by atoms with Gasteiger partial charge >= 0.3 is 0 Å². The Hall–Kier alpha value is -0.120. The highest BCUT2D eigenvalue weighted by molar-refractivity contribution is 4.82. The second-order valence-electron chi connectivity index (χ2n) is 5.32. The minimum Gasteiger partial charge on any atom is -0.373 e. The van der Waals surface area contributed by atoms with Gasteiger partial charge < -0.3 is 10.5 Å². The molecule has 1 aliphatic heterocycles. The smallest absolute Gasteiger partial charge is 0.0678 e. The van der Waals surface area contributed by atoms with Gasteiger partial charge in [0.15, 0.2) is 0 Å². The Morgan fingerprint density at radius 2 is 1.87 bits per heavy atom. The van der Waals surface area contributed by atoms with Crippen LogP contribution in [0.3, 0.4) is 0 Å². The number of morpholine rings is 1. The maximum atomic E-state index is 5.85. The van der Waals surface area contributed by atoms with E-state index in [2.05, 4.69) is 32.6 Å². The SMILES string of the molecule is CCC(C)(CN)CN1C[C@@H](C)O[C@@H](C)C1. The number of ether oxygens (including phenoxy) is 1. The fourth-order valence-electron chi connectivity index (χ4n) is 2.27. The minimum atomic E-state index is 0.261. The predicted molar refractivity (Wildman–Crippen MR) is 63.9 cm³/mol. The molecule has 0 radical (unpaired) electrons. The molecule has 0 bridgehead atoms. The van der Waals surface area contributed by atoms with Gasteiger partial charge in [-0.05, 0) is 32.2 Å². The zero-order chi connectivity index (χ0) is 11.5. The summed E-state index contributed by atoms with van der Waals surface area (Å²) in [6.07, 6.45) is 1.85. The van der Waals surface area contributed by atoms with Gasteiger partial charge in [-0.15, -0.1) is 0 Å². The number of nitrogens with zero attached hydrogens (tertiary/aromatic N) is 1. The monoisotopic (exact) mass is 214 g/mol. The topological polar surface area (TPSA) is 38.5 Å². The molecule has 0 spiro atoms. The van der Waals surface area contributed by atoms with E-state index in [0.29, 0.717) is 12.2 Å².